The van der Waals surface area contributed by atoms with E-state index in [9.17, 15) is 8.42 Å². The first-order valence-corrected chi connectivity index (χ1v) is 7.97. The molecule has 18 heavy (non-hydrogen) atoms. The van der Waals surface area contributed by atoms with E-state index in [1.54, 1.807) is 12.1 Å². The first-order valence-electron chi connectivity index (χ1n) is 6.32. The number of nitrogens with two attached hydrogens (primary N) is 1. The standard InChI is InChI=1S/C14H23NO2S/c1-10(2)8-11(3)9-18(16,17)13-7-5-6-12(4)14(13)15/h5-7,10-11H,8-9,15H2,1-4H3. The van der Waals surface area contributed by atoms with E-state index in [1.807, 2.05) is 19.9 Å². The van der Waals surface area contributed by atoms with Crippen LogP contribution in [0.2, 0.25) is 0 Å². The Kier molecular flexibility index (Phi) is 4.79. The molecule has 1 unspecified atom stereocenters. The second kappa shape index (κ2) is 5.74. The summed E-state index contributed by atoms with van der Waals surface area (Å²) in [5, 5.41) is 0. The third kappa shape index (κ3) is 3.73. The molecule has 4 heteroatoms. The van der Waals surface area contributed by atoms with Gasteiger partial charge in [-0.1, -0.05) is 32.9 Å². The molecule has 0 aliphatic heterocycles. The van der Waals surface area contributed by atoms with Gasteiger partial charge in [-0.05, 0) is 36.8 Å². The zero-order valence-corrected chi connectivity index (χ0v) is 12.4. The van der Waals surface area contributed by atoms with E-state index >= 15 is 0 Å². The van der Waals surface area contributed by atoms with Gasteiger partial charge in [-0.2, -0.15) is 0 Å². The van der Waals surface area contributed by atoms with Crippen LogP contribution < -0.4 is 5.73 Å². The number of hydrogen-bond acceptors (Lipinski definition) is 3. The Morgan fingerprint density at radius 2 is 1.83 bits per heavy atom. The molecule has 0 bridgehead atoms. The smallest absolute Gasteiger partial charge is 0.180 e. The lowest BCUT2D eigenvalue weighted by atomic mass is 10.0. The number of benzene rings is 1. The van der Waals surface area contributed by atoms with E-state index in [0.29, 0.717) is 11.6 Å². The maximum atomic E-state index is 12.3. The lowest BCUT2D eigenvalue weighted by Crippen LogP contribution is -2.17. The summed E-state index contributed by atoms with van der Waals surface area (Å²) >= 11 is 0. The second-order valence-corrected chi connectivity index (χ2v) is 7.51. The van der Waals surface area contributed by atoms with Gasteiger partial charge in [0.05, 0.1) is 16.3 Å². The molecule has 1 atom stereocenters. The van der Waals surface area contributed by atoms with Gasteiger partial charge >= 0.3 is 0 Å². The summed E-state index contributed by atoms with van der Waals surface area (Å²) < 4.78 is 24.6. The Bertz CT molecular complexity index is 507. The van der Waals surface area contributed by atoms with Crippen molar-refractivity contribution < 1.29 is 8.42 Å². The molecule has 0 aromatic heterocycles. The fourth-order valence-electron chi connectivity index (χ4n) is 2.26. The van der Waals surface area contributed by atoms with Crippen LogP contribution in [-0.4, -0.2) is 14.2 Å². The van der Waals surface area contributed by atoms with Crippen LogP contribution in [0.5, 0.6) is 0 Å². The minimum atomic E-state index is -3.28. The van der Waals surface area contributed by atoms with Crippen molar-refractivity contribution >= 4 is 15.5 Å². The Morgan fingerprint density at radius 1 is 1.22 bits per heavy atom. The van der Waals surface area contributed by atoms with Crippen LogP contribution in [0.15, 0.2) is 23.1 Å². The molecule has 102 valence electrons. The van der Waals surface area contributed by atoms with E-state index in [0.717, 1.165) is 12.0 Å². The highest BCUT2D eigenvalue weighted by Gasteiger charge is 2.21. The number of aryl methyl sites for hydroxylation is 1. The van der Waals surface area contributed by atoms with Gasteiger partial charge in [-0.15, -0.1) is 0 Å². The zero-order chi connectivity index (χ0) is 13.9. The molecule has 1 aromatic carbocycles. The van der Waals surface area contributed by atoms with Crippen molar-refractivity contribution in [3.05, 3.63) is 23.8 Å². The third-order valence-corrected chi connectivity index (χ3v) is 5.03. The molecule has 0 saturated heterocycles. The number of anilines is 1. The number of nitrogen functional groups attached to an aromatic ring is 1. The monoisotopic (exact) mass is 269 g/mol. The molecule has 0 aliphatic rings. The molecular formula is C14H23NO2S. The molecule has 0 aliphatic carbocycles. The van der Waals surface area contributed by atoms with Crippen LogP contribution in [0.25, 0.3) is 0 Å². The van der Waals surface area contributed by atoms with E-state index in [2.05, 4.69) is 13.8 Å². The highest BCUT2D eigenvalue weighted by atomic mass is 32.2. The van der Waals surface area contributed by atoms with Gasteiger partial charge in [-0.25, -0.2) is 8.42 Å². The summed E-state index contributed by atoms with van der Waals surface area (Å²) in [5.74, 6) is 0.818. The predicted octanol–water partition coefficient (Wildman–Crippen LogP) is 3.03. The van der Waals surface area contributed by atoms with Crippen LogP contribution >= 0.6 is 0 Å². The van der Waals surface area contributed by atoms with Gasteiger partial charge in [0.25, 0.3) is 0 Å². The van der Waals surface area contributed by atoms with Gasteiger partial charge in [-0.3, -0.25) is 0 Å². The van der Waals surface area contributed by atoms with E-state index in [1.165, 1.54) is 0 Å². The van der Waals surface area contributed by atoms with Gasteiger partial charge in [0, 0.05) is 0 Å². The van der Waals surface area contributed by atoms with E-state index < -0.39 is 9.84 Å². The van der Waals surface area contributed by atoms with Gasteiger partial charge in [0.15, 0.2) is 9.84 Å². The maximum absolute atomic E-state index is 12.3. The molecule has 1 aromatic rings. The van der Waals surface area contributed by atoms with E-state index in [4.69, 9.17) is 5.73 Å². The number of para-hydroxylation sites is 1. The molecule has 0 fully saturated rings. The summed E-state index contributed by atoms with van der Waals surface area (Å²) in [4.78, 5) is 0.276. The van der Waals surface area contributed by atoms with E-state index in [-0.39, 0.29) is 16.6 Å². The molecule has 1 rings (SSSR count). The van der Waals surface area contributed by atoms with Gasteiger partial charge in [0.1, 0.15) is 0 Å². The minimum Gasteiger partial charge on any atom is -0.397 e. The normalized spacial score (nSPS) is 13.8. The highest BCUT2D eigenvalue weighted by molar-refractivity contribution is 7.91. The molecule has 0 amide bonds. The summed E-state index contributed by atoms with van der Waals surface area (Å²) in [6.45, 7) is 8.00. The van der Waals surface area contributed by atoms with Crippen LogP contribution in [-0.2, 0) is 9.84 Å². The molecule has 3 nitrogen and oxygen atoms in total. The largest absolute Gasteiger partial charge is 0.397 e. The molecule has 0 radical (unpaired) electrons. The fraction of sp³-hybridized carbons (Fsp3) is 0.571. The Labute approximate surface area is 110 Å². The maximum Gasteiger partial charge on any atom is 0.180 e. The summed E-state index contributed by atoms with van der Waals surface area (Å²) in [6.07, 6.45) is 0.908. The number of rotatable bonds is 5. The van der Waals surface area contributed by atoms with Crippen LogP contribution in [0.1, 0.15) is 32.8 Å². The summed E-state index contributed by atoms with van der Waals surface area (Å²) in [7, 11) is -3.28. The van der Waals surface area contributed by atoms with Crippen molar-refractivity contribution in [3.63, 3.8) is 0 Å². The van der Waals surface area contributed by atoms with Crippen molar-refractivity contribution in [1.82, 2.24) is 0 Å². The first kappa shape index (κ1) is 15.0. The highest BCUT2D eigenvalue weighted by Crippen LogP contribution is 2.25. The Balaban J connectivity index is 2.97. The SMILES string of the molecule is Cc1cccc(S(=O)(=O)CC(C)CC(C)C)c1N. The molecular weight excluding hydrogens is 246 g/mol. The zero-order valence-electron chi connectivity index (χ0n) is 11.6. The number of sulfone groups is 1. The van der Waals surface area contributed by atoms with Crippen molar-refractivity contribution in [1.29, 1.82) is 0 Å². The van der Waals surface area contributed by atoms with Gasteiger partial charge < -0.3 is 5.73 Å². The first-order chi connectivity index (χ1) is 8.24. The quantitative estimate of drug-likeness (QED) is 0.836. The molecule has 0 heterocycles. The van der Waals surface area contributed by atoms with Crippen LogP contribution in [0.4, 0.5) is 5.69 Å². The fourth-order valence-corrected chi connectivity index (χ4v) is 4.11. The summed E-state index contributed by atoms with van der Waals surface area (Å²) in [5.41, 5.74) is 7.06. The van der Waals surface area contributed by atoms with Crippen molar-refractivity contribution in [3.8, 4) is 0 Å². The Hall–Kier alpha value is -1.03. The topological polar surface area (TPSA) is 60.2 Å². The molecule has 2 N–H and O–H groups in total. The minimum absolute atomic E-state index is 0.148. The lowest BCUT2D eigenvalue weighted by Gasteiger charge is -2.15. The second-order valence-electron chi connectivity index (χ2n) is 5.50. The average molecular weight is 269 g/mol. The van der Waals surface area contributed by atoms with Crippen molar-refractivity contribution in [2.45, 2.75) is 39.0 Å². The van der Waals surface area contributed by atoms with Crippen molar-refractivity contribution in [2.75, 3.05) is 11.5 Å². The van der Waals surface area contributed by atoms with Gasteiger partial charge in [0.2, 0.25) is 0 Å². The Morgan fingerprint density at radius 3 is 2.39 bits per heavy atom. The van der Waals surface area contributed by atoms with Crippen LogP contribution in [0, 0.1) is 18.8 Å². The third-order valence-electron chi connectivity index (χ3n) is 3.00. The average Bonchev–Trinajstić information content (AvgIpc) is 2.19. The van der Waals surface area contributed by atoms with Crippen molar-refractivity contribution in [2.24, 2.45) is 11.8 Å². The lowest BCUT2D eigenvalue weighted by molar-refractivity contribution is 0.465. The molecule has 0 saturated carbocycles. The van der Waals surface area contributed by atoms with Crippen LogP contribution in [0.3, 0.4) is 0 Å². The number of hydrogen-bond donors (Lipinski definition) is 1. The molecule has 0 spiro atoms. The summed E-state index contributed by atoms with van der Waals surface area (Å²) in [6, 6.07) is 5.16. The predicted molar refractivity (Wildman–Crippen MR) is 76.3 cm³/mol.